The first-order chi connectivity index (χ1) is 8.00. The molecular weight excluding hydrogens is 240 g/mol. The standard InChI is InChI=1S/C13H19F2NS/c1-9(2)7-17-8-10(16)6-11-12(14)4-3-5-13(11)15/h3-5,9-10H,6-8,16H2,1-2H3. The molecule has 1 rings (SSSR count). The van der Waals surface area contributed by atoms with Gasteiger partial charge in [-0.1, -0.05) is 19.9 Å². The molecule has 0 fully saturated rings. The average Bonchev–Trinajstić information content (AvgIpc) is 2.23. The minimum Gasteiger partial charge on any atom is -0.327 e. The molecule has 0 radical (unpaired) electrons. The summed E-state index contributed by atoms with van der Waals surface area (Å²) in [4.78, 5) is 0. The van der Waals surface area contributed by atoms with Crippen molar-refractivity contribution in [3.8, 4) is 0 Å². The highest BCUT2D eigenvalue weighted by Gasteiger charge is 2.12. The van der Waals surface area contributed by atoms with Crippen molar-refractivity contribution in [2.45, 2.75) is 26.3 Å². The molecule has 0 heterocycles. The van der Waals surface area contributed by atoms with Gasteiger partial charge in [0.1, 0.15) is 11.6 Å². The molecule has 0 saturated heterocycles. The summed E-state index contributed by atoms with van der Waals surface area (Å²) >= 11 is 1.73. The van der Waals surface area contributed by atoms with Gasteiger partial charge in [0.15, 0.2) is 0 Å². The third-order valence-corrected chi connectivity index (χ3v) is 3.88. The summed E-state index contributed by atoms with van der Waals surface area (Å²) in [6.07, 6.45) is 0.254. The molecule has 0 bridgehead atoms. The number of rotatable bonds is 6. The molecule has 0 spiro atoms. The molecule has 2 N–H and O–H groups in total. The van der Waals surface area contributed by atoms with Crippen LogP contribution in [0.2, 0.25) is 0 Å². The summed E-state index contributed by atoms with van der Waals surface area (Å²) in [6, 6.07) is 3.71. The van der Waals surface area contributed by atoms with Crippen molar-refractivity contribution < 1.29 is 8.78 Å². The van der Waals surface area contributed by atoms with Crippen molar-refractivity contribution in [1.82, 2.24) is 0 Å². The van der Waals surface area contributed by atoms with Gasteiger partial charge in [0.05, 0.1) is 0 Å². The van der Waals surface area contributed by atoms with Crippen LogP contribution in [0.25, 0.3) is 0 Å². The van der Waals surface area contributed by atoms with Gasteiger partial charge in [-0.05, 0) is 30.2 Å². The molecule has 0 aliphatic carbocycles. The predicted molar refractivity (Wildman–Crippen MR) is 70.2 cm³/mol. The summed E-state index contributed by atoms with van der Waals surface area (Å²) in [7, 11) is 0. The van der Waals surface area contributed by atoms with Crippen LogP contribution >= 0.6 is 11.8 Å². The van der Waals surface area contributed by atoms with E-state index in [4.69, 9.17) is 5.73 Å². The minimum absolute atomic E-state index is 0.102. The molecule has 0 aliphatic rings. The Bertz CT molecular complexity index is 335. The normalized spacial score (nSPS) is 13.1. The maximum atomic E-state index is 13.4. The van der Waals surface area contributed by atoms with Crippen molar-refractivity contribution >= 4 is 11.8 Å². The monoisotopic (exact) mass is 259 g/mol. The van der Waals surface area contributed by atoms with Crippen molar-refractivity contribution in [3.05, 3.63) is 35.4 Å². The molecule has 1 aromatic carbocycles. The van der Waals surface area contributed by atoms with Gasteiger partial charge < -0.3 is 5.73 Å². The summed E-state index contributed by atoms with van der Waals surface area (Å²) in [5, 5.41) is 0. The fourth-order valence-corrected chi connectivity index (χ4v) is 2.53. The summed E-state index contributed by atoms with van der Waals surface area (Å²) < 4.78 is 26.7. The van der Waals surface area contributed by atoms with Gasteiger partial charge in [-0.25, -0.2) is 8.78 Å². The lowest BCUT2D eigenvalue weighted by Crippen LogP contribution is -2.27. The van der Waals surface area contributed by atoms with Crippen LogP contribution in [-0.4, -0.2) is 17.5 Å². The van der Waals surface area contributed by atoms with E-state index < -0.39 is 11.6 Å². The van der Waals surface area contributed by atoms with E-state index in [1.54, 1.807) is 11.8 Å². The van der Waals surface area contributed by atoms with Crippen LogP contribution in [0.4, 0.5) is 8.78 Å². The molecule has 0 aliphatic heterocycles. The van der Waals surface area contributed by atoms with Crippen LogP contribution in [0.5, 0.6) is 0 Å². The Kier molecular flexibility index (Phi) is 5.92. The van der Waals surface area contributed by atoms with E-state index in [2.05, 4.69) is 13.8 Å². The van der Waals surface area contributed by atoms with Crippen LogP contribution in [0.3, 0.4) is 0 Å². The first-order valence-corrected chi connectivity index (χ1v) is 6.92. The van der Waals surface area contributed by atoms with E-state index in [9.17, 15) is 8.78 Å². The number of benzene rings is 1. The van der Waals surface area contributed by atoms with Crippen molar-refractivity contribution in [2.75, 3.05) is 11.5 Å². The molecule has 1 aromatic rings. The summed E-state index contributed by atoms with van der Waals surface area (Å²) in [5.41, 5.74) is 5.98. The summed E-state index contributed by atoms with van der Waals surface area (Å²) in [5.74, 6) is 1.35. The van der Waals surface area contributed by atoms with E-state index in [1.807, 2.05) is 0 Å². The van der Waals surface area contributed by atoms with E-state index in [1.165, 1.54) is 18.2 Å². The van der Waals surface area contributed by atoms with Gasteiger partial charge in [-0.2, -0.15) is 11.8 Å². The molecule has 0 saturated carbocycles. The lowest BCUT2D eigenvalue weighted by atomic mass is 10.1. The Hall–Kier alpha value is -0.610. The van der Waals surface area contributed by atoms with Gasteiger partial charge in [0.2, 0.25) is 0 Å². The molecule has 96 valence electrons. The zero-order chi connectivity index (χ0) is 12.8. The van der Waals surface area contributed by atoms with Crippen LogP contribution < -0.4 is 5.73 Å². The third kappa shape index (κ3) is 5.04. The van der Waals surface area contributed by atoms with Gasteiger partial charge in [0.25, 0.3) is 0 Å². The zero-order valence-electron chi connectivity index (χ0n) is 10.2. The van der Waals surface area contributed by atoms with Gasteiger partial charge in [0, 0.05) is 17.4 Å². The summed E-state index contributed by atoms with van der Waals surface area (Å²) in [6.45, 7) is 4.27. The van der Waals surface area contributed by atoms with Crippen molar-refractivity contribution in [3.63, 3.8) is 0 Å². The van der Waals surface area contributed by atoms with E-state index in [0.29, 0.717) is 5.92 Å². The molecule has 1 atom stereocenters. The van der Waals surface area contributed by atoms with E-state index >= 15 is 0 Å². The second-order valence-electron chi connectivity index (χ2n) is 4.60. The van der Waals surface area contributed by atoms with Crippen LogP contribution in [-0.2, 0) is 6.42 Å². The van der Waals surface area contributed by atoms with E-state index in [-0.39, 0.29) is 18.0 Å². The third-order valence-electron chi connectivity index (χ3n) is 2.31. The largest absolute Gasteiger partial charge is 0.327 e. The fraction of sp³-hybridized carbons (Fsp3) is 0.538. The highest BCUT2D eigenvalue weighted by Crippen LogP contribution is 2.16. The number of thioether (sulfide) groups is 1. The smallest absolute Gasteiger partial charge is 0.129 e. The molecule has 1 unspecified atom stereocenters. The molecule has 17 heavy (non-hydrogen) atoms. The van der Waals surface area contributed by atoms with Crippen LogP contribution in [0, 0.1) is 17.6 Å². The number of halogens is 2. The Morgan fingerprint density at radius 3 is 2.29 bits per heavy atom. The highest BCUT2D eigenvalue weighted by molar-refractivity contribution is 7.99. The van der Waals surface area contributed by atoms with Gasteiger partial charge in [-0.3, -0.25) is 0 Å². The highest BCUT2D eigenvalue weighted by atomic mass is 32.2. The minimum atomic E-state index is -0.505. The molecule has 4 heteroatoms. The zero-order valence-corrected chi connectivity index (χ0v) is 11.1. The van der Waals surface area contributed by atoms with Crippen molar-refractivity contribution in [1.29, 1.82) is 0 Å². The van der Waals surface area contributed by atoms with Crippen molar-refractivity contribution in [2.24, 2.45) is 11.7 Å². The Morgan fingerprint density at radius 1 is 1.18 bits per heavy atom. The Balaban J connectivity index is 2.47. The van der Waals surface area contributed by atoms with Gasteiger partial charge >= 0.3 is 0 Å². The predicted octanol–water partition coefficient (Wildman–Crippen LogP) is 3.22. The molecular formula is C13H19F2NS. The van der Waals surface area contributed by atoms with Crippen LogP contribution in [0.15, 0.2) is 18.2 Å². The molecule has 0 aromatic heterocycles. The first kappa shape index (κ1) is 14.5. The quantitative estimate of drug-likeness (QED) is 0.849. The average molecular weight is 259 g/mol. The van der Waals surface area contributed by atoms with Gasteiger partial charge in [-0.15, -0.1) is 0 Å². The first-order valence-electron chi connectivity index (χ1n) is 5.77. The Morgan fingerprint density at radius 2 is 1.76 bits per heavy atom. The SMILES string of the molecule is CC(C)CSCC(N)Cc1c(F)cccc1F. The fourth-order valence-electron chi connectivity index (χ4n) is 1.50. The lowest BCUT2D eigenvalue weighted by Gasteiger charge is -2.13. The second kappa shape index (κ2) is 6.97. The molecule has 1 nitrogen and oxygen atoms in total. The number of hydrogen-bond acceptors (Lipinski definition) is 2. The van der Waals surface area contributed by atoms with E-state index in [0.717, 1.165) is 11.5 Å². The maximum Gasteiger partial charge on any atom is 0.129 e. The maximum absolute atomic E-state index is 13.4. The number of nitrogens with two attached hydrogens (primary N) is 1. The molecule has 0 amide bonds. The Labute approximate surface area is 106 Å². The second-order valence-corrected chi connectivity index (χ2v) is 5.67. The lowest BCUT2D eigenvalue weighted by molar-refractivity contribution is 0.543. The topological polar surface area (TPSA) is 26.0 Å². The van der Waals surface area contributed by atoms with Crippen LogP contribution in [0.1, 0.15) is 19.4 Å². The number of hydrogen-bond donors (Lipinski definition) is 1.